The Labute approximate surface area is 179 Å². The highest BCUT2D eigenvalue weighted by molar-refractivity contribution is 7.89. The number of morpholine rings is 1. The molecule has 0 aliphatic carbocycles. The normalized spacial score (nSPS) is 16.3. The Morgan fingerprint density at radius 1 is 1.03 bits per heavy atom. The molecule has 1 N–H and O–H groups in total. The van der Waals surface area contributed by atoms with E-state index in [1.807, 2.05) is 37.3 Å². The van der Waals surface area contributed by atoms with Gasteiger partial charge in [0, 0.05) is 32.3 Å². The number of sulfonamides is 1. The summed E-state index contributed by atoms with van der Waals surface area (Å²) in [5.74, 6) is 0.615. The molecule has 1 atom stereocenters. The number of nitrogens with one attached hydrogen (secondary N) is 1. The fourth-order valence-corrected chi connectivity index (χ4v) is 4.41. The van der Waals surface area contributed by atoms with Crippen LogP contribution in [-0.4, -0.2) is 66.0 Å². The maximum absolute atomic E-state index is 12.8. The van der Waals surface area contributed by atoms with Gasteiger partial charge in [-0.15, -0.1) is 0 Å². The van der Waals surface area contributed by atoms with Crippen molar-refractivity contribution >= 4 is 10.0 Å². The van der Waals surface area contributed by atoms with Gasteiger partial charge in [-0.3, -0.25) is 4.90 Å². The van der Waals surface area contributed by atoms with Crippen LogP contribution in [0.4, 0.5) is 0 Å². The average molecular weight is 435 g/mol. The van der Waals surface area contributed by atoms with E-state index < -0.39 is 10.0 Å². The molecule has 30 heavy (non-hydrogen) atoms. The summed E-state index contributed by atoms with van der Waals surface area (Å²) in [5, 5.41) is 0. The third-order valence-corrected chi connectivity index (χ3v) is 6.41. The fourth-order valence-electron chi connectivity index (χ4n) is 3.37. The lowest BCUT2D eigenvalue weighted by Gasteiger charge is -2.34. The van der Waals surface area contributed by atoms with Gasteiger partial charge in [0.2, 0.25) is 10.0 Å². The van der Waals surface area contributed by atoms with Crippen LogP contribution in [0.2, 0.25) is 0 Å². The van der Waals surface area contributed by atoms with Gasteiger partial charge < -0.3 is 14.2 Å². The van der Waals surface area contributed by atoms with Gasteiger partial charge >= 0.3 is 0 Å². The van der Waals surface area contributed by atoms with Crippen molar-refractivity contribution in [3.05, 3.63) is 60.2 Å². The Morgan fingerprint density at radius 3 is 2.40 bits per heavy atom. The van der Waals surface area contributed by atoms with Gasteiger partial charge in [0.05, 0.1) is 24.7 Å². The number of rotatable bonds is 11. The molecule has 0 aromatic heterocycles. The lowest BCUT2D eigenvalue weighted by Crippen LogP contribution is -2.43. The maximum atomic E-state index is 12.8. The molecule has 0 spiro atoms. The number of ether oxygens (including phenoxy) is 3. The number of nitrogens with zero attached hydrogens (tertiary/aromatic N) is 1. The minimum Gasteiger partial charge on any atom is -0.491 e. The van der Waals surface area contributed by atoms with Gasteiger partial charge in [-0.1, -0.05) is 30.3 Å². The summed E-state index contributed by atoms with van der Waals surface area (Å²) in [7, 11) is -3.64. The highest BCUT2D eigenvalue weighted by atomic mass is 32.2. The molecule has 7 nitrogen and oxygen atoms in total. The van der Waals surface area contributed by atoms with Crippen LogP contribution >= 0.6 is 0 Å². The zero-order valence-corrected chi connectivity index (χ0v) is 18.1. The summed E-state index contributed by atoms with van der Waals surface area (Å²) in [6, 6.07) is 16.4. The lowest BCUT2D eigenvalue weighted by atomic mass is 10.1. The molecule has 1 heterocycles. The molecule has 1 fully saturated rings. The van der Waals surface area contributed by atoms with Crippen LogP contribution in [-0.2, 0) is 19.5 Å². The predicted molar refractivity (Wildman–Crippen MR) is 115 cm³/mol. The molecule has 3 rings (SSSR count). The van der Waals surface area contributed by atoms with Gasteiger partial charge in [0.25, 0.3) is 0 Å². The summed E-state index contributed by atoms with van der Waals surface area (Å²) in [6.07, 6.45) is 0. The van der Waals surface area contributed by atoms with E-state index in [1.54, 1.807) is 24.3 Å². The first-order valence-electron chi connectivity index (χ1n) is 10.3. The van der Waals surface area contributed by atoms with E-state index in [9.17, 15) is 8.42 Å². The van der Waals surface area contributed by atoms with Crippen LogP contribution in [0, 0.1) is 0 Å². The van der Waals surface area contributed by atoms with Crippen molar-refractivity contribution < 1.29 is 22.6 Å². The molecular weight excluding hydrogens is 404 g/mol. The minimum absolute atomic E-state index is 0.0500. The third-order valence-electron chi connectivity index (χ3n) is 4.97. The smallest absolute Gasteiger partial charge is 0.240 e. The monoisotopic (exact) mass is 434 g/mol. The van der Waals surface area contributed by atoms with Crippen molar-refractivity contribution in [3.8, 4) is 5.75 Å². The molecule has 0 amide bonds. The van der Waals surface area contributed by atoms with E-state index in [-0.39, 0.29) is 10.9 Å². The van der Waals surface area contributed by atoms with E-state index in [4.69, 9.17) is 14.2 Å². The third kappa shape index (κ3) is 6.52. The maximum Gasteiger partial charge on any atom is 0.240 e. The molecule has 1 aliphatic rings. The Kier molecular flexibility index (Phi) is 8.65. The Balaban J connectivity index is 1.64. The predicted octanol–water partition coefficient (Wildman–Crippen LogP) is 2.45. The van der Waals surface area contributed by atoms with E-state index in [0.717, 1.165) is 18.7 Å². The van der Waals surface area contributed by atoms with E-state index >= 15 is 0 Å². The van der Waals surface area contributed by atoms with Crippen molar-refractivity contribution in [1.82, 2.24) is 9.62 Å². The van der Waals surface area contributed by atoms with E-state index in [0.29, 0.717) is 45.3 Å². The Morgan fingerprint density at radius 2 is 1.73 bits per heavy atom. The average Bonchev–Trinajstić information content (AvgIpc) is 2.79. The summed E-state index contributed by atoms with van der Waals surface area (Å²) in [4.78, 5) is 2.48. The van der Waals surface area contributed by atoms with Crippen molar-refractivity contribution in [2.75, 3.05) is 52.7 Å². The molecule has 164 valence electrons. The zero-order valence-electron chi connectivity index (χ0n) is 17.3. The second kappa shape index (κ2) is 11.4. The fraction of sp³-hybridized carbons (Fsp3) is 0.455. The van der Waals surface area contributed by atoms with Crippen LogP contribution in [0.3, 0.4) is 0 Å². The second-order valence-corrected chi connectivity index (χ2v) is 8.71. The first-order chi connectivity index (χ1) is 14.6. The van der Waals surface area contributed by atoms with Gasteiger partial charge in [0.15, 0.2) is 0 Å². The summed E-state index contributed by atoms with van der Waals surface area (Å²) < 4.78 is 44.7. The van der Waals surface area contributed by atoms with Crippen molar-refractivity contribution in [3.63, 3.8) is 0 Å². The largest absolute Gasteiger partial charge is 0.491 e. The van der Waals surface area contributed by atoms with E-state index in [2.05, 4.69) is 9.62 Å². The van der Waals surface area contributed by atoms with Crippen molar-refractivity contribution in [2.24, 2.45) is 0 Å². The summed E-state index contributed by atoms with van der Waals surface area (Å²) >= 11 is 0. The van der Waals surface area contributed by atoms with Crippen LogP contribution < -0.4 is 9.46 Å². The molecule has 1 unspecified atom stereocenters. The highest BCUT2D eigenvalue weighted by Crippen LogP contribution is 2.22. The zero-order chi connectivity index (χ0) is 21.2. The quantitative estimate of drug-likeness (QED) is 0.548. The van der Waals surface area contributed by atoms with Gasteiger partial charge in [-0.25, -0.2) is 13.1 Å². The number of hydrogen-bond acceptors (Lipinski definition) is 6. The number of benzene rings is 2. The number of hydrogen-bond donors (Lipinski definition) is 1. The summed E-state index contributed by atoms with van der Waals surface area (Å²) in [5.41, 5.74) is 1.08. The van der Waals surface area contributed by atoms with E-state index in [1.165, 1.54) is 0 Å². The molecule has 8 heteroatoms. The molecule has 2 aromatic carbocycles. The van der Waals surface area contributed by atoms with Gasteiger partial charge in [-0.2, -0.15) is 0 Å². The standard InChI is InChI=1S/C22H30N2O5S/c1-2-27-16-17-29-20-8-10-21(11-9-20)30(25,26)23-18-22(19-6-4-3-5-7-19)24-12-14-28-15-13-24/h3-11,22-23H,2,12-18H2,1H3. The summed E-state index contributed by atoms with van der Waals surface area (Å²) in [6.45, 7) is 6.64. The van der Waals surface area contributed by atoms with Gasteiger partial charge in [0.1, 0.15) is 12.4 Å². The minimum atomic E-state index is -3.64. The first kappa shape index (κ1) is 22.7. The van der Waals surface area contributed by atoms with Crippen molar-refractivity contribution in [1.29, 1.82) is 0 Å². The van der Waals surface area contributed by atoms with Crippen LogP contribution in [0.15, 0.2) is 59.5 Å². The first-order valence-corrected chi connectivity index (χ1v) is 11.8. The second-order valence-electron chi connectivity index (χ2n) is 6.94. The van der Waals surface area contributed by atoms with Crippen LogP contribution in [0.1, 0.15) is 18.5 Å². The van der Waals surface area contributed by atoms with Gasteiger partial charge in [-0.05, 0) is 36.8 Å². The molecule has 1 aliphatic heterocycles. The van der Waals surface area contributed by atoms with Crippen molar-refractivity contribution in [2.45, 2.75) is 17.9 Å². The van der Waals surface area contributed by atoms with Crippen LogP contribution in [0.25, 0.3) is 0 Å². The van der Waals surface area contributed by atoms with Crippen LogP contribution in [0.5, 0.6) is 5.75 Å². The molecule has 0 bridgehead atoms. The lowest BCUT2D eigenvalue weighted by molar-refractivity contribution is 0.0172. The Bertz CT molecular complexity index is 853. The molecule has 0 saturated carbocycles. The molecule has 1 saturated heterocycles. The SMILES string of the molecule is CCOCCOc1ccc(S(=O)(=O)NCC(c2ccccc2)N2CCOCC2)cc1. The molecule has 0 radical (unpaired) electrons. The Hall–Kier alpha value is -1.97. The highest BCUT2D eigenvalue weighted by Gasteiger charge is 2.25. The topological polar surface area (TPSA) is 77.1 Å². The molecular formula is C22H30N2O5S. The molecule has 2 aromatic rings.